The van der Waals surface area contributed by atoms with Gasteiger partial charge in [-0.15, -0.1) is 4.83 Å². The Morgan fingerprint density at radius 1 is 1.17 bits per heavy atom. The Kier molecular flexibility index (Phi) is 5.11. The first-order valence-electron chi connectivity index (χ1n) is 6.55. The molecule has 0 radical (unpaired) electrons. The molecule has 2 N–H and O–H groups in total. The van der Waals surface area contributed by atoms with Crippen LogP contribution < -0.4 is 15.0 Å². The molecule has 0 heterocycles. The number of hydrazine groups is 1. The molecule has 2 aromatic rings. The number of hydrogen-bond donors (Lipinski definition) is 2. The van der Waals surface area contributed by atoms with Gasteiger partial charge in [0.05, 0.1) is 12.0 Å². The second-order valence-electron chi connectivity index (χ2n) is 4.52. The molecule has 0 bridgehead atoms. The van der Waals surface area contributed by atoms with Crippen LogP contribution in [0.3, 0.4) is 0 Å². The molecule has 1 amide bonds. The first-order valence-corrected chi connectivity index (χ1v) is 8.03. The fourth-order valence-corrected chi connectivity index (χ4v) is 2.85. The molecule has 9 nitrogen and oxygen atoms in total. The van der Waals surface area contributed by atoms with Crippen LogP contribution in [-0.2, 0) is 10.0 Å². The molecule has 0 saturated heterocycles. The number of ether oxygens (including phenoxy) is 1. The maximum atomic E-state index is 12.2. The third-order valence-corrected chi connectivity index (χ3v) is 4.28. The summed E-state index contributed by atoms with van der Waals surface area (Å²) in [6.45, 7) is 0. The number of methoxy groups -OCH3 is 1. The van der Waals surface area contributed by atoms with Crippen LogP contribution in [0.5, 0.6) is 5.75 Å². The van der Waals surface area contributed by atoms with Crippen molar-refractivity contribution in [3.05, 3.63) is 64.2 Å². The molecule has 0 aliphatic rings. The highest BCUT2D eigenvalue weighted by Crippen LogP contribution is 2.22. The Hall–Kier alpha value is -2.98. The van der Waals surface area contributed by atoms with E-state index >= 15 is 0 Å². The Morgan fingerprint density at radius 2 is 1.88 bits per heavy atom. The highest BCUT2D eigenvalue weighted by atomic mass is 32.2. The van der Waals surface area contributed by atoms with E-state index in [1.165, 1.54) is 31.4 Å². The van der Waals surface area contributed by atoms with Crippen LogP contribution >= 0.6 is 0 Å². The molecule has 0 spiro atoms. The molecule has 0 saturated carbocycles. The standard InChI is InChI=1S/C14H13N3O6S/c1-23-11-6-4-5-10(9-11)14(18)15-16-24(21,22)13-8-3-2-7-12(13)17(19)20/h2-9,16H,1H3,(H,15,18). The predicted molar refractivity (Wildman–Crippen MR) is 83.9 cm³/mol. The molecule has 0 aromatic heterocycles. The Labute approximate surface area is 137 Å². The van der Waals surface area contributed by atoms with E-state index in [9.17, 15) is 23.3 Å². The molecule has 0 fully saturated rings. The number of nitro benzene ring substituents is 1. The summed E-state index contributed by atoms with van der Waals surface area (Å²) in [4.78, 5) is 23.4. The van der Waals surface area contributed by atoms with Gasteiger partial charge in [0.15, 0.2) is 4.90 Å². The van der Waals surface area contributed by atoms with Crippen LogP contribution in [0.2, 0.25) is 0 Å². The van der Waals surface area contributed by atoms with E-state index in [4.69, 9.17) is 4.74 Å². The Balaban J connectivity index is 2.19. The van der Waals surface area contributed by atoms with Gasteiger partial charge < -0.3 is 4.74 Å². The average molecular weight is 351 g/mol. The van der Waals surface area contributed by atoms with Crippen molar-refractivity contribution >= 4 is 21.6 Å². The topological polar surface area (TPSA) is 128 Å². The summed E-state index contributed by atoms with van der Waals surface area (Å²) in [6.07, 6.45) is 0. The van der Waals surface area contributed by atoms with Crippen molar-refractivity contribution in [1.82, 2.24) is 10.3 Å². The van der Waals surface area contributed by atoms with Gasteiger partial charge in [-0.3, -0.25) is 20.3 Å². The van der Waals surface area contributed by atoms with E-state index in [1.807, 2.05) is 10.3 Å². The molecule has 10 heteroatoms. The molecular formula is C14H13N3O6S. The predicted octanol–water partition coefficient (Wildman–Crippen LogP) is 1.23. The van der Waals surface area contributed by atoms with E-state index in [1.54, 1.807) is 12.1 Å². The minimum atomic E-state index is -4.31. The van der Waals surface area contributed by atoms with Gasteiger partial charge in [0.1, 0.15) is 5.75 Å². The van der Waals surface area contributed by atoms with Crippen LogP contribution in [0.15, 0.2) is 53.4 Å². The number of amides is 1. The maximum absolute atomic E-state index is 12.2. The maximum Gasteiger partial charge on any atom is 0.289 e. The zero-order valence-electron chi connectivity index (χ0n) is 12.4. The van der Waals surface area contributed by atoms with Crippen molar-refractivity contribution in [1.29, 1.82) is 0 Å². The van der Waals surface area contributed by atoms with Crippen molar-refractivity contribution in [2.45, 2.75) is 4.90 Å². The van der Waals surface area contributed by atoms with Crippen molar-refractivity contribution in [2.75, 3.05) is 7.11 Å². The number of benzene rings is 2. The van der Waals surface area contributed by atoms with Crippen molar-refractivity contribution in [2.24, 2.45) is 0 Å². The normalized spacial score (nSPS) is 10.9. The lowest BCUT2D eigenvalue weighted by molar-refractivity contribution is -0.387. The molecule has 2 rings (SSSR count). The number of carbonyl (C=O) groups excluding carboxylic acids is 1. The van der Waals surface area contributed by atoms with Gasteiger partial charge in [0.25, 0.3) is 21.6 Å². The van der Waals surface area contributed by atoms with Crippen LogP contribution in [0, 0.1) is 10.1 Å². The van der Waals surface area contributed by atoms with E-state index in [-0.39, 0.29) is 5.56 Å². The van der Waals surface area contributed by atoms with Crippen molar-refractivity contribution in [3.63, 3.8) is 0 Å². The zero-order chi connectivity index (χ0) is 17.7. The monoisotopic (exact) mass is 351 g/mol. The zero-order valence-corrected chi connectivity index (χ0v) is 13.2. The quantitative estimate of drug-likeness (QED) is 0.595. The third kappa shape index (κ3) is 3.86. The average Bonchev–Trinajstić information content (AvgIpc) is 2.59. The summed E-state index contributed by atoms with van der Waals surface area (Å²) >= 11 is 0. The number of sulfonamides is 1. The highest BCUT2D eigenvalue weighted by Gasteiger charge is 2.25. The Morgan fingerprint density at radius 3 is 2.54 bits per heavy atom. The smallest absolute Gasteiger partial charge is 0.289 e. The number of para-hydroxylation sites is 1. The third-order valence-electron chi connectivity index (χ3n) is 2.98. The lowest BCUT2D eigenvalue weighted by Crippen LogP contribution is -2.41. The second kappa shape index (κ2) is 7.06. The first-order chi connectivity index (χ1) is 11.3. The van der Waals surface area contributed by atoms with Crippen molar-refractivity contribution < 1.29 is 22.9 Å². The molecule has 0 unspecified atom stereocenters. The van der Waals surface area contributed by atoms with Gasteiger partial charge in [-0.1, -0.05) is 18.2 Å². The van der Waals surface area contributed by atoms with Gasteiger partial charge >= 0.3 is 0 Å². The summed E-state index contributed by atoms with van der Waals surface area (Å²) in [6, 6.07) is 10.8. The second-order valence-corrected chi connectivity index (χ2v) is 6.17. The molecular weight excluding hydrogens is 338 g/mol. The van der Waals surface area contributed by atoms with Gasteiger partial charge in [-0.05, 0) is 24.3 Å². The van der Waals surface area contributed by atoms with Gasteiger partial charge in [-0.25, -0.2) is 8.42 Å². The van der Waals surface area contributed by atoms with Crippen LogP contribution in [0.1, 0.15) is 10.4 Å². The number of nitrogens with one attached hydrogen (secondary N) is 2. The van der Waals surface area contributed by atoms with E-state index in [0.717, 1.165) is 12.1 Å². The number of nitro groups is 1. The fraction of sp³-hybridized carbons (Fsp3) is 0.0714. The van der Waals surface area contributed by atoms with Gasteiger partial charge in [-0.2, -0.15) is 0 Å². The fourth-order valence-electron chi connectivity index (χ4n) is 1.84. The number of hydrogen-bond acceptors (Lipinski definition) is 6. The minimum Gasteiger partial charge on any atom is -0.497 e. The van der Waals surface area contributed by atoms with Crippen LogP contribution in [0.4, 0.5) is 5.69 Å². The summed E-state index contributed by atoms with van der Waals surface area (Å²) in [5, 5.41) is 10.9. The Bertz CT molecular complexity index is 882. The molecule has 0 aliphatic carbocycles. The lowest BCUT2D eigenvalue weighted by Gasteiger charge is -2.09. The lowest BCUT2D eigenvalue weighted by atomic mass is 10.2. The van der Waals surface area contributed by atoms with E-state index in [0.29, 0.717) is 5.75 Å². The van der Waals surface area contributed by atoms with E-state index in [2.05, 4.69) is 0 Å². The van der Waals surface area contributed by atoms with Gasteiger partial charge in [0.2, 0.25) is 0 Å². The van der Waals surface area contributed by atoms with Crippen LogP contribution in [0.25, 0.3) is 0 Å². The minimum absolute atomic E-state index is 0.152. The number of rotatable bonds is 6. The first kappa shape index (κ1) is 17.4. The SMILES string of the molecule is COc1cccc(C(=O)NNS(=O)(=O)c2ccccc2[N+](=O)[O-])c1. The number of nitrogens with zero attached hydrogens (tertiary/aromatic N) is 1. The van der Waals surface area contributed by atoms with Crippen LogP contribution in [-0.4, -0.2) is 26.4 Å². The molecule has 2 aromatic carbocycles. The largest absolute Gasteiger partial charge is 0.497 e. The summed E-state index contributed by atoms with van der Waals surface area (Å²) in [7, 11) is -2.88. The summed E-state index contributed by atoms with van der Waals surface area (Å²) < 4.78 is 29.3. The van der Waals surface area contributed by atoms with E-state index < -0.39 is 31.4 Å². The molecule has 126 valence electrons. The van der Waals surface area contributed by atoms with Crippen molar-refractivity contribution in [3.8, 4) is 5.75 Å². The highest BCUT2D eigenvalue weighted by molar-refractivity contribution is 7.89. The van der Waals surface area contributed by atoms with Gasteiger partial charge in [0, 0.05) is 11.6 Å². The summed E-state index contributed by atoms with van der Waals surface area (Å²) in [5.74, 6) is -0.319. The summed E-state index contributed by atoms with van der Waals surface area (Å²) in [5.41, 5.74) is 1.56. The molecule has 0 aliphatic heterocycles. The molecule has 0 atom stereocenters. The number of carbonyl (C=O) groups is 1. The molecule has 24 heavy (non-hydrogen) atoms.